The first-order chi connectivity index (χ1) is 10.7. The van der Waals surface area contributed by atoms with Crippen LogP contribution in [-0.2, 0) is 9.63 Å². The summed E-state index contributed by atoms with van der Waals surface area (Å²) in [6, 6.07) is 6.83. The molecule has 0 N–H and O–H groups in total. The van der Waals surface area contributed by atoms with E-state index in [9.17, 15) is 22.9 Å². The molecule has 2 aliphatic heterocycles. The topological polar surface area (TPSA) is 68.0 Å². The molecule has 23 heavy (non-hydrogen) atoms. The van der Waals surface area contributed by atoms with Crippen molar-refractivity contribution in [3.63, 3.8) is 0 Å². The molecule has 7 nitrogen and oxygen atoms in total. The van der Waals surface area contributed by atoms with E-state index in [2.05, 4.69) is 9.94 Å². The molecular formula is C13H10F3N3O4+2. The van der Waals surface area contributed by atoms with Crippen LogP contribution >= 0.6 is 0 Å². The van der Waals surface area contributed by atoms with E-state index < -0.39 is 17.0 Å². The second kappa shape index (κ2) is 4.88. The highest BCUT2D eigenvalue weighted by atomic mass is 19.4. The first-order valence-electron chi connectivity index (χ1n) is 6.38. The average Bonchev–Trinajstić information content (AvgIpc) is 2.47. The van der Waals surface area contributed by atoms with Gasteiger partial charge in [0.25, 0.3) is 4.87 Å². The molecule has 0 fully saturated rings. The highest BCUT2D eigenvalue weighted by molar-refractivity contribution is 6.25. The number of para-hydroxylation sites is 1. The molecule has 120 valence electrons. The number of quaternary nitrogens is 1. The van der Waals surface area contributed by atoms with Crippen molar-refractivity contribution in [1.82, 2.24) is 0 Å². The Hall–Kier alpha value is -2.75. The maximum atomic E-state index is 12.3. The van der Waals surface area contributed by atoms with Crippen molar-refractivity contribution < 1.29 is 37.3 Å². The van der Waals surface area contributed by atoms with Gasteiger partial charge in [-0.3, -0.25) is 0 Å². The summed E-state index contributed by atoms with van der Waals surface area (Å²) >= 11 is 0. The Morgan fingerprint density at radius 1 is 1.39 bits per heavy atom. The summed E-state index contributed by atoms with van der Waals surface area (Å²) in [5, 5.41) is 3.80. The number of carbonyl (C=O) groups excluding carboxylic acids is 1. The SMILES string of the molecule is C[N+]1(OC(=O)C(F)(F)F)N=C2COc3ccccc3C2=C[N+]1=O. The van der Waals surface area contributed by atoms with Gasteiger partial charge in [0.15, 0.2) is 5.71 Å². The fourth-order valence-corrected chi connectivity index (χ4v) is 2.18. The number of fused-ring (bicyclic) bond motifs is 3. The molecule has 2 aliphatic rings. The van der Waals surface area contributed by atoms with E-state index in [0.717, 1.165) is 13.2 Å². The van der Waals surface area contributed by atoms with Crippen LogP contribution in [0.4, 0.5) is 13.2 Å². The molecule has 0 saturated carbocycles. The predicted molar refractivity (Wildman–Crippen MR) is 69.3 cm³/mol. The molecule has 0 aromatic heterocycles. The number of hydroxylamine groups is 1. The quantitative estimate of drug-likeness (QED) is 0.583. The lowest BCUT2D eigenvalue weighted by atomic mass is 9.99. The van der Waals surface area contributed by atoms with Gasteiger partial charge in [0.05, 0.1) is 10.5 Å². The fourth-order valence-electron chi connectivity index (χ4n) is 2.18. The third-order valence-corrected chi connectivity index (χ3v) is 3.25. The lowest BCUT2D eigenvalue weighted by molar-refractivity contribution is -1.41. The number of hydrogen-bond acceptors (Lipinski definition) is 5. The fraction of sp³-hybridized carbons (Fsp3) is 0.231. The maximum Gasteiger partial charge on any atom is 0.497 e. The molecule has 1 atom stereocenters. The van der Waals surface area contributed by atoms with Gasteiger partial charge < -0.3 is 4.74 Å². The molecule has 0 radical (unpaired) electrons. The van der Waals surface area contributed by atoms with E-state index in [0.29, 0.717) is 16.9 Å². The molecule has 0 spiro atoms. The summed E-state index contributed by atoms with van der Waals surface area (Å²) in [6.45, 7) is -0.0614. The van der Waals surface area contributed by atoms with Crippen LogP contribution in [0.15, 0.2) is 35.6 Å². The number of rotatable bonds is 1. The Morgan fingerprint density at radius 2 is 2.09 bits per heavy atom. The number of nitroso groups, excluding NO2 is 1. The van der Waals surface area contributed by atoms with Gasteiger partial charge in [-0.2, -0.15) is 18.0 Å². The van der Waals surface area contributed by atoms with Crippen LogP contribution in [-0.4, -0.2) is 41.2 Å². The molecule has 1 aromatic rings. The minimum atomic E-state index is -5.23. The Kier molecular flexibility index (Phi) is 3.22. The van der Waals surface area contributed by atoms with Gasteiger partial charge in [-0.1, -0.05) is 18.2 Å². The number of halogens is 3. The summed E-state index contributed by atoms with van der Waals surface area (Å²) < 4.78 is 42.4. The molecular weight excluding hydrogens is 319 g/mol. The number of nitrogens with zero attached hydrogens (tertiary/aromatic N) is 3. The van der Waals surface area contributed by atoms with E-state index >= 15 is 0 Å². The minimum Gasteiger partial charge on any atom is -0.486 e. The van der Waals surface area contributed by atoms with Crippen LogP contribution in [0.25, 0.3) is 5.57 Å². The van der Waals surface area contributed by atoms with E-state index in [1.165, 1.54) is 0 Å². The van der Waals surface area contributed by atoms with Gasteiger partial charge in [0.1, 0.15) is 12.4 Å². The molecule has 1 unspecified atom stereocenters. The Balaban J connectivity index is 1.97. The van der Waals surface area contributed by atoms with E-state index in [1.54, 1.807) is 24.3 Å². The van der Waals surface area contributed by atoms with Crippen LogP contribution in [0.5, 0.6) is 5.75 Å². The third-order valence-electron chi connectivity index (χ3n) is 3.25. The normalized spacial score (nSPS) is 23.0. The number of alkyl halides is 3. The highest BCUT2D eigenvalue weighted by Gasteiger charge is 2.56. The largest absolute Gasteiger partial charge is 0.497 e. The monoisotopic (exact) mass is 329 g/mol. The van der Waals surface area contributed by atoms with Crippen molar-refractivity contribution >= 4 is 17.3 Å². The van der Waals surface area contributed by atoms with Crippen LogP contribution in [0, 0.1) is 4.91 Å². The van der Waals surface area contributed by atoms with Crippen LogP contribution in [0.1, 0.15) is 5.56 Å². The number of hydrogen-bond donors (Lipinski definition) is 0. The molecule has 0 aliphatic carbocycles. The zero-order chi connectivity index (χ0) is 16.8. The van der Waals surface area contributed by atoms with E-state index in [-0.39, 0.29) is 17.2 Å². The number of benzene rings is 1. The van der Waals surface area contributed by atoms with Gasteiger partial charge >= 0.3 is 18.3 Å². The second-order valence-corrected chi connectivity index (χ2v) is 4.89. The van der Waals surface area contributed by atoms with E-state index in [4.69, 9.17) is 4.74 Å². The van der Waals surface area contributed by atoms with Gasteiger partial charge in [-0.05, 0) is 6.07 Å². The highest BCUT2D eigenvalue weighted by Crippen LogP contribution is 2.34. The predicted octanol–water partition coefficient (Wildman–Crippen LogP) is 1.95. The van der Waals surface area contributed by atoms with Gasteiger partial charge in [-0.25, -0.2) is 4.79 Å². The third kappa shape index (κ3) is 2.57. The summed E-state index contributed by atoms with van der Waals surface area (Å²) in [5.74, 6) is -1.99. The van der Waals surface area contributed by atoms with E-state index in [1.807, 2.05) is 0 Å². The smallest absolute Gasteiger partial charge is 0.486 e. The number of ether oxygens (including phenoxy) is 1. The van der Waals surface area contributed by atoms with Crippen molar-refractivity contribution in [2.75, 3.05) is 13.7 Å². The molecule has 0 saturated heterocycles. The van der Waals surface area contributed by atoms with Crippen molar-refractivity contribution in [2.45, 2.75) is 6.18 Å². The maximum absolute atomic E-state index is 12.3. The molecule has 3 rings (SSSR count). The Bertz CT molecular complexity index is 772. The first-order valence-corrected chi connectivity index (χ1v) is 6.38. The summed E-state index contributed by atoms with van der Waals surface area (Å²) in [6.07, 6.45) is -4.21. The van der Waals surface area contributed by atoms with Gasteiger partial charge in [-0.15, -0.1) is 0 Å². The van der Waals surface area contributed by atoms with Crippen LogP contribution in [0.3, 0.4) is 0 Å². The molecule has 2 heterocycles. The van der Waals surface area contributed by atoms with Crippen LogP contribution < -0.4 is 4.74 Å². The number of carbonyl (C=O) groups is 1. The minimum absolute atomic E-state index is 0.0184. The van der Waals surface area contributed by atoms with Crippen molar-refractivity contribution in [3.8, 4) is 5.75 Å². The summed E-state index contributed by atoms with van der Waals surface area (Å²) in [4.78, 5) is 25.7. The van der Waals surface area contributed by atoms with Crippen molar-refractivity contribution in [2.24, 2.45) is 5.10 Å². The van der Waals surface area contributed by atoms with Gasteiger partial charge in [0, 0.05) is 10.7 Å². The average molecular weight is 329 g/mol. The zero-order valence-corrected chi connectivity index (χ0v) is 11.7. The molecule has 10 heteroatoms. The van der Waals surface area contributed by atoms with Crippen LogP contribution in [0.2, 0.25) is 0 Å². The van der Waals surface area contributed by atoms with Crippen molar-refractivity contribution in [1.29, 1.82) is 0 Å². The molecule has 0 bridgehead atoms. The standard InChI is InChI=1S/C13H10F3N3O4/c1-19(23-12(20)13(14,15)16)17-10-7-22-11-5-3-2-4-8(11)9(10)6-18(19)21/h2-6H,7H2,1H3/q+2. The van der Waals surface area contributed by atoms with Gasteiger partial charge in [0.2, 0.25) is 11.9 Å². The molecule has 0 amide bonds. The summed E-state index contributed by atoms with van der Waals surface area (Å²) in [5.41, 5.74) is 1.18. The second-order valence-electron chi connectivity index (χ2n) is 4.89. The lowest BCUT2D eigenvalue weighted by Gasteiger charge is -2.23. The first kappa shape index (κ1) is 15.2. The Morgan fingerprint density at radius 3 is 2.78 bits per heavy atom. The Labute approximate surface area is 127 Å². The molecule has 1 aromatic carbocycles. The summed E-state index contributed by atoms with van der Waals surface area (Å²) in [7, 11) is 0.914. The lowest BCUT2D eigenvalue weighted by Crippen LogP contribution is -2.51. The zero-order valence-electron chi connectivity index (χ0n) is 11.7. The van der Waals surface area contributed by atoms with Crippen molar-refractivity contribution in [3.05, 3.63) is 40.9 Å².